The summed E-state index contributed by atoms with van der Waals surface area (Å²) in [7, 11) is 0. The van der Waals surface area contributed by atoms with E-state index in [-0.39, 0.29) is 0 Å². The van der Waals surface area contributed by atoms with Gasteiger partial charge in [-0.1, -0.05) is 17.7 Å². The minimum absolute atomic E-state index is 0.637. The van der Waals surface area contributed by atoms with Crippen molar-refractivity contribution >= 4 is 11.6 Å². The molecule has 1 N–H and O–H groups in total. The third-order valence-electron chi connectivity index (χ3n) is 4.87. The molecule has 0 aliphatic carbocycles. The van der Waals surface area contributed by atoms with E-state index in [1.165, 1.54) is 27.8 Å². The molecule has 1 nitrogen and oxygen atoms in total. The van der Waals surface area contributed by atoms with Gasteiger partial charge in [-0.3, -0.25) is 0 Å². The van der Waals surface area contributed by atoms with Gasteiger partial charge < -0.3 is 5.11 Å². The Morgan fingerprint density at radius 3 is 1.81 bits per heavy atom. The average Bonchev–Trinajstić information content (AvgIpc) is 2.45. The molecule has 1 atom stereocenters. The molecule has 0 amide bonds. The summed E-state index contributed by atoms with van der Waals surface area (Å²) in [6.45, 7) is 12.6. The Balaban J connectivity index is 2.69. The van der Waals surface area contributed by atoms with E-state index in [9.17, 15) is 5.11 Å². The Hall–Kier alpha value is -1.31. The molecule has 0 fully saturated rings. The number of aliphatic hydroxyl groups excluding tert-OH is 1. The number of benzene rings is 2. The molecule has 0 saturated carbocycles. The minimum atomic E-state index is -0.637. The summed E-state index contributed by atoms with van der Waals surface area (Å²) >= 11 is 6.10. The summed E-state index contributed by atoms with van der Waals surface area (Å²) in [4.78, 5) is 0. The van der Waals surface area contributed by atoms with Crippen LogP contribution in [-0.2, 0) is 0 Å². The van der Waals surface area contributed by atoms with Gasteiger partial charge >= 0.3 is 0 Å². The van der Waals surface area contributed by atoms with Gasteiger partial charge in [-0.15, -0.1) is 0 Å². The lowest BCUT2D eigenvalue weighted by atomic mass is 9.84. The summed E-state index contributed by atoms with van der Waals surface area (Å²) < 4.78 is 0. The van der Waals surface area contributed by atoms with Crippen LogP contribution in [0, 0.1) is 41.5 Å². The van der Waals surface area contributed by atoms with Crippen LogP contribution < -0.4 is 0 Å². The van der Waals surface area contributed by atoms with Gasteiger partial charge in [0.2, 0.25) is 0 Å². The summed E-state index contributed by atoms with van der Waals surface area (Å²) in [5.41, 5.74) is 9.12. The highest BCUT2D eigenvalue weighted by molar-refractivity contribution is 6.30. The van der Waals surface area contributed by atoms with Crippen LogP contribution in [-0.4, -0.2) is 5.11 Å². The smallest absolute Gasteiger partial charge is 0.105 e. The van der Waals surface area contributed by atoms with Crippen LogP contribution in [0.15, 0.2) is 18.2 Å². The molecule has 0 bridgehead atoms. The maximum Gasteiger partial charge on any atom is 0.105 e. The van der Waals surface area contributed by atoms with Crippen LogP contribution in [0.1, 0.15) is 50.6 Å². The van der Waals surface area contributed by atoms with Gasteiger partial charge in [0.1, 0.15) is 6.10 Å². The van der Waals surface area contributed by atoms with E-state index in [0.717, 1.165) is 16.7 Å². The first-order chi connectivity index (χ1) is 9.75. The predicted octanol–water partition coefficient (Wildman–Crippen LogP) is 5.27. The van der Waals surface area contributed by atoms with Gasteiger partial charge in [0.15, 0.2) is 0 Å². The van der Waals surface area contributed by atoms with E-state index in [1.54, 1.807) is 0 Å². The predicted molar refractivity (Wildman–Crippen MR) is 90.4 cm³/mol. The molecule has 0 radical (unpaired) electrons. The molecule has 2 heteroatoms. The molecule has 0 spiro atoms. The summed E-state index contributed by atoms with van der Waals surface area (Å²) in [5.74, 6) is 0. The van der Waals surface area contributed by atoms with Gasteiger partial charge in [-0.2, -0.15) is 0 Å². The summed E-state index contributed by atoms with van der Waals surface area (Å²) in [6, 6.07) is 5.68. The van der Waals surface area contributed by atoms with Gasteiger partial charge in [-0.25, -0.2) is 0 Å². The number of hydrogen-bond acceptors (Lipinski definition) is 1. The van der Waals surface area contributed by atoms with Crippen molar-refractivity contribution in [3.63, 3.8) is 0 Å². The second kappa shape index (κ2) is 5.82. The third-order valence-corrected chi connectivity index (χ3v) is 5.10. The first-order valence-electron chi connectivity index (χ1n) is 7.26. The molecule has 0 heterocycles. The quantitative estimate of drug-likeness (QED) is 0.801. The monoisotopic (exact) mass is 302 g/mol. The molecule has 0 saturated heterocycles. The van der Waals surface area contributed by atoms with Crippen molar-refractivity contribution in [2.75, 3.05) is 0 Å². The van der Waals surface area contributed by atoms with Crippen molar-refractivity contribution in [2.24, 2.45) is 0 Å². The second-order valence-corrected chi connectivity index (χ2v) is 6.38. The maximum atomic E-state index is 10.9. The van der Waals surface area contributed by atoms with Gasteiger partial charge in [0.05, 0.1) is 0 Å². The molecule has 112 valence electrons. The fourth-order valence-electron chi connectivity index (χ4n) is 3.00. The van der Waals surface area contributed by atoms with Crippen molar-refractivity contribution < 1.29 is 5.11 Å². The molecule has 0 aromatic heterocycles. The van der Waals surface area contributed by atoms with E-state index >= 15 is 0 Å². The van der Waals surface area contributed by atoms with E-state index in [1.807, 2.05) is 25.1 Å². The second-order valence-electron chi connectivity index (χ2n) is 5.94. The van der Waals surface area contributed by atoms with E-state index < -0.39 is 6.10 Å². The molecule has 21 heavy (non-hydrogen) atoms. The first-order valence-corrected chi connectivity index (χ1v) is 7.64. The van der Waals surface area contributed by atoms with Gasteiger partial charge in [0.25, 0.3) is 0 Å². The van der Waals surface area contributed by atoms with Crippen molar-refractivity contribution in [3.8, 4) is 0 Å². The molecular formula is C19H23ClO. The van der Waals surface area contributed by atoms with Gasteiger partial charge in [-0.05, 0) is 98.2 Å². The SMILES string of the molecule is Cc1ccc(Cl)cc1C(O)c1c(C)c(C)c(C)c(C)c1C. The highest BCUT2D eigenvalue weighted by atomic mass is 35.5. The zero-order valence-corrected chi connectivity index (χ0v) is 14.4. The fraction of sp³-hybridized carbons (Fsp3) is 0.368. The largest absolute Gasteiger partial charge is 0.384 e. The standard InChI is InChI=1S/C19H23ClO/c1-10-7-8-16(20)9-17(10)19(21)18-14(5)12(3)11(2)13(4)15(18)6/h7-9,19,21H,1-6H3. The number of halogens is 1. The number of aryl methyl sites for hydroxylation is 1. The molecule has 0 aliphatic heterocycles. The van der Waals surface area contributed by atoms with Crippen LogP contribution >= 0.6 is 11.6 Å². The molecule has 2 aromatic rings. The van der Waals surface area contributed by atoms with Crippen molar-refractivity contribution in [3.05, 3.63) is 67.7 Å². The summed E-state index contributed by atoms with van der Waals surface area (Å²) in [5, 5.41) is 11.6. The van der Waals surface area contributed by atoms with Crippen molar-refractivity contribution in [1.29, 1.82) is 0 Å². The Bertz CT molecular complexity index is 672. The Morgan fingerprint density at radius 2 is 1.29 bits per heavy atom. The van der Waals surface area contributed by atoms with Crippen molar-refractivity contribution in [2.45, 2.75) is 47.6 Å². The minimum Gasteiger partial charge on any atom is -0.384 e. The van der Waals surface area contributed by atoms with Crippen LogP contribution in [0.4, 0.5) is 0 Å². The lowest BCUT2D eigenvalue weighted by molar-refractivity contribution is 0.218. The van der Waals surface area contributed by atoms with Crippen LogP contribution in [0.5, 0.6) is 0 Å². The highest BCUT2D eigenvalue weighted by Crippen LogP contribution is 2.35. The topological polar surface area (TPSA) is 20.2 Å². The highest BCUT2D eigenvalue weighted by Gasteiger charge is 2.21. The van der Waals surface area contributed by atoms with E-state index in [4.69, 9.17) is 11.6 Å². The lowest BCUT2D eigenvalue weighted by Gasteiger charge is -2.24. The molecule has 0 aliphatic rings. The zero-order chi connectivity index (χ0) is 15.9. The number of hydrogen-bond donors (Lipinski definition) is 1. The Labute approximate surface area is 132 Å². The van der Waals surface area contributed by atoms with Crippen molar-refractivity contribution in [1.82, 2.24) is 0 Å². The Morgan fingerprint density at radius 1 is 0.810 bits per heavy atom. The van der Waals surface area contributed by atoms with Crippen LogP contribution in [0.25, 0.3) is 0 Å². The zero-order valence-electron chi connectivity index (χ0n) is 13.6. The molecule has 2 aromatic carbocycles. The maximum absolute atomic E-state index is 10.9. The molecule has 1 unspecified atom stereocenters. The van der Waals surface area contributed by atoms with Crippen LogP contribution in [0.2, 0.25) is 5.02 Å². The van der Waals surface area contributed by atoms with Gasteiger partial charge in [0, 0.05) is 5.02 Å². The average molecular weight is 303 g/mol. The molecular weight excluding hydrogens is 280 g/mol. The number of rotatable bonds is 2. The van der Waals surface area contributed by atoms with Crippen LogP contribution in [0.3, 0.4) is 0 Å². The summed E-state index contributed by atoms with van der Waals surface area (Å²) in [6.07, 6.45) is -0.637. The third kappa shape index (κ3) is 2.73. The fourth-order valence-corrected chi connectivity index (χ4v) is 3.18. The first kappa shape index (κ1) is 16.1. The number of aliphatic hydroxyl groups is 1. The van der Waals surface area contributed by atoms with E-state index in [2.05, 4.69) is 34.6 Å². The molecule has 2 rings (SSSR count). The van der Waals surface area contributed by atoms with E-state index in [0.29, 0.717) is 5.02 Å². The normalized spacial score (nSPS) is 12.6. The Kier molecular flexibility index (Phi) is 4.46. The lowest BCUT2D eigenvalue weighted by Crippen LogP contribution is -2.10.